The molecule has 0 fully saturated rings. The molecule has 1 heterocycles. The van der Waals surface area contributed by atoms with Crippen molar-refractivity contribution in [2.24, 2.45) is 0 Å². The van der Waals surface area contributed by atoms with Gasteiger partial charge in [0.05, 0.1) is 6.61 Å². The van der Waals surface area contributed by atoms with Crippen LogP contribution in [0.25, 0.3) is 0 Å². The number of alkyl halides is 3. The zero-order valence-electron chi connectivity index (χ0n) is 13.8. The number of halogens is 3. The molecule has 0 saturated carbocycles. The molecular formula is C16H15F3N2O4S. The summed E-state index contributed by atoms with van der Waals surface area (Å²) in [6, 6.07) is 6.93. The molecule has 2 aromatic rings. The van der Waals surface area contributed by atoms with E-state index in [-0.39, 0.29) is 11.7 Å². The monoisotopic (exact) mass is 388 g/mol. The van der Waals surface area contributed by atoms with Crippen LogP contribution in [0.1, 0.15) is 27.9 Å². The number of nitrogens with one attached hydrogen (secondary N) is 1. The second kappa shape index (κ2) is 8.17. The maximum absolute atomic E-state index is 13.0. The van der Waals surface area contributed by atoms with Crippen molar-refractivity contribution in [1.82, 2.24) is 4.98 Å². The summed E-state index contributed by atoms with van der Waals surface area (Å²) >= 11 is 0.394. The fraction of sp³-hybridized carbons (Fsp3) is 0.312. The third-order valence-corrected chi connectivity index (χ3v) is 3.91. The van der Waals surface area contributed by atoms with E-state index in [4.69, 9.17) is 4.74 Å². The first kappa shape index (κ1) is 19.7. The topological polar surface area (TPSA) is 77.5 Å². The van der Waals surface area contributed by atoms with Crippen LogP contribution in [0.2, 0.25) is 0 Å². The van der Waals surface area contributed by atoms with Crippen molar-refractivity contribution < 1.29 is 32.2 Å². The van der Waals surface area contributed by atoms with Gasteiger partial charge < -0.3 is 9.47 Å². The Hall–Kier alpha value is -2.62. The minimum Gasteiger partial charge on any atom is -0.484 e. The van der Waals surface area contributed by atoms with Crippen molar-refractivity contribution in [3.8, 4) is 5.75 Å². The molecule has 0 atom stereocenters. The zero-order chi connectivity index (χ0) is 19.3. The van der Waals surface area contributed by atoms with Gasteiger partial charge in [-0.3, -0.25) is 10.1 Å². The molecule has 10 heteroatoms. The Morgan fingerprint density at radius 1 is 1.31 bits per heavy atom. The maximum atomic E-state index is 13.0. The number of benzene rings is 1. The van der Waals surface area contributed by atoms with Gasteiger partial charge >= 0.3 is 12.1 Å². The first-order chi connectivity index (χ1) is 12.2. The number of nitrogens with zero attached hydrogens (tertiary/aromatic N) is 1. The number of hydrogen-bond donors (Lipinski definition) is 1. The molecule has 0 aliphatic rings. The molecule has 1 aromatic heterocycles. The fourth-order valence-electron chi connectivity index (χ4n) is 1.91. The van der Waals surface area contributed by atoms with E-state index in [0.717, 1.165) is 5.56 Å². The predicted octanol–water partition coefficient (Wildman–Crippen LogP) is 3.66. The molecule has 2 rings (SSSR count). The van der Waals surface area contributed by atoms with Crippen molar-refractivity contribution in [2.75, 3.05) is 18.5 Å². The zero-order valence-corrected chi connectivity index (χ0v) is 14.7. The molecule has 0 spiro atoms. The number of aromatic nitrogens is 1. The number of carbonyl (C=O) groups is 2. The fourth-order valence-corrected chi connectivity index (χ4v) is 2.81. The van der Waals surface area contributed by atoms with E-state index >= 15 is 0 Å². The number of esters is 1. The van der Waals surface area contributed by atoms with Crippen LogP contribution >= 0.6 is 11.3 Å². The van der Waals surface area contributed by atoms with Crippen LogP contribution < -0.4 is 10.1 Å². The number of hydrogen-bond acceptors (Lipinski definition) is 6. The first-order valence-electron chi connectivity index (χ1n) is 7.45. The molecule has 0 unspecified atom stereocenters. The van der Waals surface area contributed by atoms with E-state index in [1.54, 1.807) is 18.2 Å². The minimum absolute atomic E-state index is 0.0833. The SMILES string of the molecule is CCOC(=O)c1sc(NC(=O)COc2cccc(C)c2)nc1C(F)(F)F. The summed E-state index contributed by atoms with van der Waals surface area (Å²) in [7, 11) is 0. The lowest BCUT2D eigenvalue weighted by molar-refractivity contribution is -0.141. The van der Waals surface area contributed by atoms with Crippen LogP contribution in [0.4, 0.5) is 18.3 Å². The molecule has 6 nitrogen and oxygen atoms in total. The Balaban J connectivity index is 2.08. The normalized spacial score (nSPS) is 11.1. The molecule has 1 amide bonds. The summed E-state index contributed by atoms with van der Waals surface area (Å²) in [4.78, 5) is 26.1. The van der Waals surface area contributed by atoms with Crippen LogP contribution in [0.5, 0.6) is 5.75 Å². The number of carbonyl (C=O) groups excluding carboxylic acids is 2. The van der Waals surface area contributed by atoms with Gasteiger partial charge in [0, 0.05) is 0 Å². The molecule has 140 valence electrons. The van der Waals surface area contributed by atoms with Crippen molar-refractivity contribution in [3.63, 3.8) is 0 Å². The highest BCUT2D eigenvalue weighted by molar-refractivity contribution is 7.17. The largest absolute Gasteiger partial charge is 0.484 e. The van der Waals surface area contributed by atoms with Gasteiger partial charge in [0.2, 0.25) is 0 Å². The number of thiazole rings is 1. The summed E-state index contributed by atoms with van der Waals surface area (Å²) in [5.74, 6) is -1.40. The van der Waals surface area contributed by atoms with Crippen LogP contribution in [0.3, 0.4) is 0 Å². The van der Waals surface area contributed by atoms with Gasteiger partial charge in [-0.2, -0.15) is 13.2 Å². The second-order valence-electron chi connectivity index (χ2n) is 5.07. The highest BCUT2D eigenvalue weighted by Gasteiger charge is 2.40. The number of aryl methyl sites for hydroxylation is 1. The number of ether oxygens (including phenoxy) is 2. The summed E-state index contributed by atoms with van der Waals surface area (Å²) in [6.07, 6.45) is -4.85. The van der Waals surface area contributed by atoms with Crippen LogP contribution in [-0.4, -0.2) is 30.1 Å². The van der Waals surface area contributed by atoms with Gasteiger partial charge in [-0.15, -0.1) is 0 Å². The average Bonchev–Trinajstić information content (AvgIpc) is 2.97. The van der Waals surface area contributed by atoms with Crippen LogP contribution in [0.15, 0.2) is 24.3 Å². The molecule has 26 heavy (non-hydrogen) atoms. The highest BCUT2D eigenvalue weighted by Crippen LogP contribution is 2.36. The van der Waals surface area contributed by atoms with Gasteiger partial charge in [-0.05, 0) is 31.5 Å². The third kappa shape index (κ3) is 5.19. The average molecular weight is 388 g/mol. The van der Waals surface area contributed by atoms with E-state index in [1.165, 1.54) is 6.92 Å². The maximum Gasteiger partial charge on any atom is 0.435 e. The highest BCUT2D eigenvalue weighted by atomic mass is 32.1. The number of anilines is 1. The Labute approximate surface area is 150 Å². The quantitative estimate of drug-likeness (QED) is 0.764. The predicted molar refractivity (Wildman–Crippen MR) is 88.4 cm³/mol. The Morgan fingerprint density at radius 3 is 2.65 bits per heavy atom. The smallest absolute Gasteiger partial charge is 0.435 e. The standard InChI is InChI=1S/C16H15F3N2O4S/c1-3-24-14(23)12-13(16(17,18)19)21-15(26-12)20-11(22)8-25-10-6-4-5-9(2)7-10/h4-7H,3,8H2,1-2H3,(H,20,21,22). The van der Waals surface area contributed by atoms with E-state index in [0.29, 0.717) is 17.1 Å². The third-order valence-electron chi connectivity index (χ3n) is 2.96. The summed E-state index contributed by atoms with van der Waals surface area (Å²) < 4.78 is 48.9. The minimum atomic E-state index is -4.85. The summed E-state index contributed by atoms with van der Waals surface area (Å²) in [5.41, 5.74) is -0.465. The van der Waals surface area contributed by atoms with Crippen molar-refractivity contribution in [1.29, 1.82) is 0 Å². The van der Waals surface area contributed by atoms with Gasteiger partial charge in [-0.25, -0.2) is 9.78 Å². The van der Waals surface area contributed by atoms with E-state index < -0.39 is 35.2 Å². The Kier molecular flexibility index (Phi) is 6.19. The molecule has 0 bridgehead atoms. The van der Waals surface area contributed by atoms with Gasteiger partial charge in [-0.1, -0.05) is 23.5 Å². The van der Waals surface area contributed by atoms with Gasteiger partial charge in [0.15, 0.2) is 17.4 Å². The number of amides is 1. The molecule has 0 aliphatic carbocycles. The first-order valence-corrected chi connectivity index (χ1v) is 8.26. The van der Waals surface area contributed by atoms with Crippen LogP contribution in [0, 0.1) is 6.92 Å². The Bertz CT molecular complexity index is 805. The van der Waals surface area contributed by atoms with E-state index in [1.807, 2.05) is 13.0 Å². The lowest BCUT2D eigenvalue weighted by atomic mass is 10.2. The molecule has 0 radical (unpaired) electrons. The summed E-state index contributed by atoms with van der Waals surface area (Å²) in [6.45, 7) is 2.81. The lowest BCUT2D eigenvalue weighted by Crippen LogP contribution is -2.20. The van der Waals surface area contributed by atoms with E-state index in [9.17, 15) is 22.8 Å². The molecule has 0 saturated heterocycles. The number of rotatable bonds is 6. The lowest BCUT2D eigenvalue weighted by Gasteiger charge is -2.06. The second-order valence-corrected chi connectivity index (χ2v) is 6.07. The molecule has 0 aliphatic heterocycles. The van der Waals surface area contributed by atoms with E-state index in [2.05, 4.69) is 15.0 Å². The van der Waals surface area contributed by atoms with Gasteiger partial charge in [0.25, 0.3) is 5.91 Å². The molecule has 1 N–H and O–H groups in total. The van der Waals surface area contributed by atoms with Crippen molar-refractivity contribution in [2.45, 2.75) is 20.0 Å². The van der Waals surface area contributed by atoms with Gasteiger partial charge in [0.1, 0.15) is 10.6 Å². The summed E-state index contributed by atoms with van der Waals surface area (Å²) in [5, 5.41) is 1.83. The molecule has 1 aromatic carbocycles. The van der Waals surface area contributed by atoms with Crippen molar-refractivity contribution in [3.05, 3.63) is 40.4 Å². The van der Waals surface area contributed by atoms with Crippen LogP contribution in [-0.2, 0) is 15.7 Å². The van der Waals surface area contributed by atoms with Crippen molar-refractivity contribution >= 4 is 28.3 Å². The Morgan fingerprint density at radius 2 is 2.04 bits per heavy atom. The molecular weight excluding hydrogens is 373 g/mol.